The Morgan fingerprint density at radius 2 is 1.86 bits per heavy atom. The third kappa shape index (κ3) is 7.31. The molecule has 0 heterocycles. The molecule has 1 atom stereocenters. The highest BCUT2D eigenvalue weighted by Crippen LogP contribution is 2.11. The van der Waals surface area contributed by atoms with Gasteiger partial charge >= 0.3 is 6.09 Å². The maximum absolute atomic E-state index is 11.8. The molecule has 0 aliphatic heterocycles. The number of nitrogens with one attached hydrogen (secondary N) is 2. The molecule has 0 aliphatic rings. The van der Waals surface area contributed by atoms with Crippen LogP contribution >= 0.6 is 0 Å². The molecule has 0 saturated carbocycles. The Labute approximate surface area is 133 Å². The molecule has 1 unspecified atom stereocenters. The van der Waals surface area contributed by atoms with E-state index in [1.54, 1.807) is 7.11 Å². The van der Waals surface area contributed by atoms with Gasteiger partial charge in [-0.1, -0.05) is 19.1 Å². The molecule has 0 aromatic heterocycles. The SMILES string of the molecule is CCC(CNCc1ccc(OC)cc1)NC(=O)OC(C)(C)C. The van der Waals surface area contributed by atoms with E-state index in [0.29, 0.717) is 6.54 Å². The molecule has 22 heavy (non-hydrogen) atoms. The fourth-order valence-electron chi connectivity index (χ4n) is 1.91. The normalized spacial score (nSPS) is 12.6. The molecule has 0 spiro atoms. The quantitative estimate of drug-likeness (QED) is 0.812. The summed E-state index contributed by atoms with van der Waals surface area (Å²) in [5.74, 6) is 0.849. The second-order valence-corrected chi connectivity index (χ2v) is 6.23. The highest BCUT2D eigenvalue weighted by atomic mass is 16.6. The fraction of sp³-hybridized carbons (Fsp3) is 0.588. The fourth-order valence-corrected chi connectivity index (χ4v) is 1.91. The van der Waals surface area contributed by atoms with Gasteiger partial charge in [0.05, 0.1) is 7.11 Å². The van der Waals surface area contributed by atoms with Gasteiger partial charge < -0.3 is 20.1 Å². The van der Waals surface area contributed by atoms with Crippen molar-refractivity contribution in [1.82, 2.24) is 10.6 Å². The first-order valence-electron chi connectivity index (χ1n) is 7.67. The number of hydrogen-bond donors (Lipinski definition) is 2. The van der Waals surface area contributed by atoms with Gasteiger partial charge in [-0.05, 0) is 44.9 Å². The molecule has 2 N–H and O–H groups in total. The molecular formula is C17H28N2O3. The molecule has 0 bridgehead atoms. The lowest BCUT2D eigenvalue weighted by atomic mass is 10.2. The largest absolute Gasteiger partial charge is 0.497 e. The van der Waals surface area contributed by atoms with Crippen LogP contribution in [-0.4, -0.2) is 31.4 Å². The summed E-state index contributed by atoms with van der Waals surface area (Å²) in [5.41, 5.74) is 0.701. The predicted octanol–water partition coefficient (Wildman–Crippen LogP) is 3.09. The average molecular weight is 308 g/mol. The second kappa shape index (κ2) is 8.63. The zero-order chi connectivity index (χ0) is 16.6. The van der Waals surface area contributed by atoms with Crippen LogP contribution in [0.1, 0.15) is 39.7 Å². The van der Waals surface area contributed by atoms with Crippen LogP contribution in [0.5, 0.6) is 5.75 Å². The summed E-state index contributed by atoms with van der Waals surface area (Å²) in [6.07, 6.45) is 0.472. The van der Waals surface area contributed by atoms with Gasteiger partial charge in [0.15, 0.2) is 0 Å². The van der Waals surface area contributed by atoms with Crippen LogP contribution in [0.25, 0.3) is 0 Å². The molecule has 1 aromatic carbocycles. The van der Waals surface area contributed by atoms with E-state index < -0.39 is 5.60 Å². The monoisotopic (exact) mass is 308 g/mol. The van der Waals surface area contributed by atoms with Crippen LogP contribution < -0.4 is 15.4 Å². The highest BCUT2D eigenvalue weighted by Gasteiger charge is 2.18. The molecule has 1 aromatic rings. The third-order valence-corrected chi connectivity index (χ3v) is 3.09. The number of hydrogen-bond acceptors (Lipinski definition) is 4. The summed E-state index contributed by atoms with van der Waals surface area (Å²) in [7, 11) is 1.65. The van der Waals surface area contributed by atoms with E-state index >= 15 is 0 Å². The molecule has 0 radical (unpaired) electrons. The van der Waals surface area contributed by atoms with Crippen LogP contribution in [0.4, 0.5) is 4.79 Å². The Bertz CT molecular complexity index is 452. The number of carbonyl (C=O) groups excluding carboxylic acids is 1. The van der Waals surface area contributed by atoms with Crippen molar-refractivity contribution in [3.8, 4) is 5.75 Å². The van der Waals surface area contributed by atoms with Crippen molar-refractivity contribution in [2.24, 2.45) is 0 Å². The van der Waals surface area contributed by atoms with Crippen molar-refractivity contribution >= 4 is 6.09 Å². The van der Waals surface area contributed by atoms with E-state index in [0.717, 1.165) is 18.7 Å². The van der Waals surface area contributed by atoms with Crippen molar-refractivity contribution in [1.29, 1.82) is 0 Å². The Morgan fingerprint density at radius 3 is 2.36 bits per heavy atom. The summed E-state index contributed by atoms with van der Waals surface area (Å²) >= 11 is 0. The summed E-state index contributed by atoms with van der Waals surface area (Å²) in [6.45, 7) is 9.05. The average Bonchev–Trinajstić information content (AvgIpc) is 2.45. The van der Waals surface area contributed by atoms with Gasteiger partial charge in [0.25, 0.3) is 0 Å². The number of carbonyl (C=O) groups is 1. The summed E-state index contributed by atoms with van der Waals surface area (Å²) in [4.78, 5) is 11.8. The van der Waals surface area contributed by atoms with E-state index in [-0.39, 0.29) is 12.1 Å². The number of ether oxygens (including phenoxy) is 2. The van der Waals surface area contributed by atoms with Gasteiger partial charge in [-0.25, -0.2) is 4.79 Å². The van der Waals surface area contributed by atoms with Crippen LogP contribution in [0.15, 0.2) is 24.3 Å². The van der Waals surface area contributed by atoms with Crippen molar-refractivity contribution in [2.45, 2.75) is 52.3 Å². The molecule has 1 rings (SSSR count). The van der Waals surface area contributed by atoms with Crippen molar-refractivity contribution in [3.05, 3.63) is 29.8 Å². The first-order chi connectivity index (χ1) is 10.3. The van der Waals surface area contributed by atoms with Gasteiger partial charge in [-0.2, -0.15) is 0 Å². The summed E-state index contributed by atoms with van der Waals surface area (Å²) in [6, 6.07) is 7.97. The Morgan fingerprint density at radius 1 is 1.23 bits per heavy atom. The Hall–Kier alpha value is -1.75. The van der Waals surface area contributed by atoms with E-state index in [1.807, 2.05) is 52.0 Å². The highest BCUT2D eigenvalue weighted by molar-refractivity contribution is 5.68. The molecule has 1 amide bonds. The van der Waals surface area contributed by atoms with E-state index in [9.17, 15) is 4.79 Å². The van der Waals surface area contributed by atoms with Gasteiger partial charge in [0.2, 0.25) is 0 Å². The number of benzene rings is 1. The van der Waals surface area contributed by atoms with E-state index in [1.165, 1.54) is 5.56 Å². The van der Waals surface area contributed by atoms with Crippen molar-refractivity contribution in [3.63, 3.8) is 0 Å². The lowest BCUT2D eigenvalue weighted by Gasteiger charge is -2.23. The second-order valence-electron chi connectivity index (χ2n) is 6.23. The topological polar surface area (TPSA) is 59.6 Å². The van der Waals surface area contributed by atoms with Gasteiger partial charge in [0.1, 0.15) is 11.4 Å². The first kappa shape index (κ1) is 18.3. The third-order valence-electron chi connectivity index (χ3n) is 3.09. The minimum Gasteiger partial charge on any atom is -0.497 e. The number of rotatable bonds is 7. The van der Waals surface area contributed by atoms with Crippen molar-refractivity contribution < 1.29 is 14.3 Å². The number of methoxy groups -OCH3 is 1. The lowest BCUT2D eigenvalue weighted by Crippen LogP contribution is -2.43. The predicted molar refractivity (Wildman–Crippen MR) is 88.1 cm³/mol. The molecule has 0 saturated heterocycles. The van der Waals surface area contributed by atoms with Crippen LogP contribution in [0.3, 0.4) is 0 Å². The maximum atomic E-state index is 11.8. The Kier molecular flexibility index (Phi) is 7.18. The van der Waals surface area contributed by atoms with Gasteiger partial charge in [0, 0.05) is 19.1 Å². The Balaban J connectivity index is 2.35. The zero-order valence-electron chi connectivity index (χ0n) is 14.2. The van der Waals surface area contributed by atoms with E-state index in [2.05, 4.69) is 10.6 Å². The molecule has 5 nitrogen and oxygen atoms in total. The number of alkyl carbamates (subject to hydrolysis) is 1. The maximum Gasteiger partial charge on any atom is 0.407 e. The lowest BCUT2D eigenvalue weighted by molar-refractivity contribution is 0.0502. The van der Waals surface area contributed by atoms with Crippen LogP contribution in [-0.2, 0) is 11.3 Å². The van der Waals surface area contributed by atoms with Gasteiger partial charge in [-0.15, -0.1) is 0 Å². The minimum atomic E-state index is -0.473. The van der Waals surface area contributed by atoms with Gasteiger partial charge in [-0.3, -0.25) is 0 Å². The summed E-state index contributed by atoms with van der Waals surface area (Å²) < 4.78 is 10.4. The van der Waals surface area contributed by atoms with Crippen molar-refractivity contribution in [2.75, 3.05) is 13.7 Å². The molecular weight excluding hydrogens is 280 g/mol. The smallest absolute Gasteiger partial charge is 0.407 e. The van der Waals surface area contributed by atoms with E-state index in [4.69, 9.17) is 9.47 Å². The minimum absolute atomic E-state index is 0.0492. The number of amides is 1. The summed E-state index contributed by atoms with van der Waals surface area (Å²) in [5, 5.41) is 6.23. The first-order valence-corrected chi connectivity index (χ1v) is 7.67. The molecule has 124 valence electrons. The van der Waals surface area contributed by atoms with Crippen LogP contribution in [0.2, 0.25) is 0 Å². The molecule has 5 heteroatoms. The van der Waals surface area contributed by atoms with Crippen LogP contribution in [0, 0.1) is 0 Å². The standard InChI is InChI=1S/C17H28N2O3/c1-6-14(19-16(20)22-17(2,3)4)12-18-11-13-7-9-15(21-5)10-8-13/h7-10,14,18H,6,11-12H2,1-5H3,(H,19,20). The zero-order valence-corrected chi connectivity index (χ0v) is 14.2. The molecule has 0 fully saturated rings. The molecule has 0 aliphatic carbocycles.